The van der Waals surface area contributed by atoms with E-state index >= 15 is 8.78 Å². The standard InChI is InChI=1S/C36H42ClF2N3O10P2/c1-6-47-29-15-18-42(36(44)33(29)27(43)21-23-10-13-28(26(39)20-23)52-30-14-17-41-35(40)34(30)37)24-11-12-25(38)31(22-24)48-19-16-32(53(5,45)49-7-2)54(46,50-8-3)51-9-4/h10-15,17-18,20,22,32H,6-9,16,19,21H2,1-5H3,(H2,40,41). The first-order valence-corrected chi connectivity index (χ1v) is 21.1. The number of aromatic nitrogens is 2. The summed E-state index contributed by atoms with van der Waals surface area (Å²) in [5.41, 5.74) is 4.96. The lowest BCUT2D eigenvalue weighted by molar-refractivity contribution is 0.0987. The van der Waals surface area contributed by atoms with Gasteiger partial charge in [0.15, 0.2) is 34.7 Å². The van der Waals surface area contributed by atoms with E-state index in [1.165, 1.54) is 55.5 Å². The van der Waals surface area contributed by atoms with Gasteiger partial charge in [-0.2, -0.15) is 0 Å². The number of hydrogen-bond donors (Lipinski definition) is 1. The van der Waals surface area contributed by atoms with Gasteiger partial charge in [-0.25, -0.2) is 13.8 Å². The van der Waals surface area contributed by atoms with Crippen molar-refractivity contribution in [3.05, 3.63) is 99.1 Å². The summed E-state index contributed by atoms with van der Waals surface area (Å²) in [6.45, 7) is 7.89. The van der Waals surface area contributed by atoms with E-state index in [0.717, 1.165) is 16.7 Å². The molecule has 4 aromatic rings. The van der Waals surface area contributed by atoms with Crippen molar-refractivity contribution in [3.8, 4) is 28.7 Å². The van der Waals surface area contributed by atoms with Crippen LogP contribution in [-0.2, 0) is 29.1 Å². The first-order valence-electron chi connectivity index (χ1n) is 17.0. The molecule has 0 fully saturated rings. The highest BCUT2D eigenvalue weighted by atomic mass is 35.5. The molecule has 13 nitrogen and oxygen atoms in total. The van der Waals surface area contributed by atoms with E-state index in [2.05, 4.69) is 4.98 Å². The van der Waals surface area contributed by atoms with Gasteiger partial charge in [0.25, 0.3) is 5.56 Å². The molecule has 0 bridgehead atoms. The van der Waals surface area contributed by atoms with Gasteiger partial charge in [0, 0.05) is 44.0 Å². The molecule has 4 rings (SSSR count). The monoisotopic (exact) mass is 811 g/mol. The molecular weight excluding hydrogens is 770 g/mol. The third-order valence-electron chi connectivity index (χ3n) is 7.83. The number of Topliss-reactive ketones (excluding diaryl/α,β-unsaturated/α-hetero) is 1. The molecule has 0 amide bonds. The molecular formula is C36H42ClF2N3O10P2. The Morgan fingerprint density at radius 3 is 2.22 bits per heavy atom. The minimum Gasteiger partial charge on any atom is -0.493 e. The average molecular weight is 812 g/mol. The fraction of sp³-hybridized carbons (Fsp3) is 0.361. The molecule has 2 aromatic carbocycles. The number of carbonyl (C=O) groups is 1. The second-order valence-electron chi connectivity index (χ2n) is 11.6. The smallest absolute Gasteiger partial charge is 0.343 e. The molecule has 292 valence electrons. The number of anilines is 1. The van der Waals surface area contributed by atoms with Crippen LogP contribution in [0.4, 0.5) is 14.6 Å². The van der Waals surface area contributed by atoms with Gasteiger partial charge in [0.1, 0.15) is 27.6 Å². The maximum atomic E-state index is 15.1. The molecule has 2 N–H and O–H groups in total. The van der Waals surface area contributed by atoms with Crippen molar-refractivity contribution in [1.82, 2.24) is 9.55 Å². The van der Waals surface area contributed by atoms with Crippen LogP contribution in [0.3, 0.4) is 0 Å². The predicted molar refractivity (Wildman–Crippen MR) is 201 cm³/mol. The van der Waals surface area contributed by atoms with Gasteiger partial charge in [-0.1, -0.05) is 17.7 Å². The maximum Gasteiger partial charge on any atom is 0.343 e. The molecule has 2 unspecified atom stereocenters. The van der Waals surface area contributed by atoms with Crippen molar-refractivity contribution >= 4 is 38.2 Å². The summed E-state index contributed by atoms with van der Waals surface area (Å²) in [5.74, 6) is -2.63. The summed E-state index contributed by atoms with van der Waals surface area (Å²) in [4.78, 5) is 31.4. The largest absolute Gasteiger partial charge is 0.493 e. The van der Waals surface area contributed by atoms with Gasteiger partial charge in [-0.3, -0.25) is 23.3 Å². The molecule has 0 radical (unpaired) electrons. The molecule has 0 saturated carbocycles. The number of nitrogen functional groups attached to an aromatic ring is 1. The number of halogens is 3. The second-order valence-corrected chi connectivity index (χ2v) is 17.3. The number of rotatable bonds is 20. The van der Waals surface area contributed by atoms with Crippen LogP contribution < -0.4 is 25.5 Å². The summed E-state index contributed by atoms with van der Waals surface area (Å²) in [6.07, 6.45) is 2.18. The topological polar surface area (TPSA) is 167 Å². The Morgan fingerprint density at radius 1 is 0.870 bits per heavy atom. The zero-order valence-electron chi connectivity index (χ0n) is 30.4. The Morgan fingerprint density at radius 2 is 1.57 bits per heavy atom. The Hall–Kier alpha value is -4.10. The lowest BCUT2D eigenvalue weighted by Crippen LogP contribution is -2.27. The Kier molecular flexibility index (Phi) is 15.0. The van der Waals surface area contributed by atoms with Gasteiger partial charge >= 0.3 is 7.60 Å². The summed E-state index contributed by atoms with van der Waals surface area (Å²) < 4.78 is 91.7. The van der Waals surface area contributed by atoms with Crippen LogP contribution in [-0.4, -0.2) is 60.4 Å². The number of nitrogens with two attached hydrogens (primary N) is 1. The third kappa shape index (κ3) is 10.1. The van der Waals surface area contributed by atoms with Crippen LogP contribution in [0.15, 0.2) is 65.7 Å². The summed E-state index contributed by atoms with van der Waals surface area (Å²) >= 11 is 6.10. The summed E-state index contributed by atoms with van der Waals surface area (Å²) in [6, 6.07) is 10.3. The van der Waals surface area contributed by atoms with Crippen LogP contribution in [0.2, 0.25) is 5.02 Å². The molecule has 0 aliphatic heterocycles. The predicted octanol–water partition coefficient (Wildman–Crippen LogP) is 8.67. The molecule has 0 spiro atoms. The van der Waals surface area contributed by atoms with Crippen LogP contribution in [0.5, 0.6) is 23.0 Å². The molecule has 0 aliphatic rings. The third-order valence-corrected chi connectivity index (χ3v) is 14.7. The molecule has 2 aromatic heterocycles. The Balaban J connectivity index is 1.60. The lowest BCUT2D eigenvalue weighted by atomic mass is 10.0. The molecule has 0 saturated heterocycles. The lowest BCUT2D eigenvalue weighted by Gasteiger charge is -2.30. The van der Waals surface area contributed by atoms with Crippen molar-refractivity contribution in [2.75, 3.05) is 45.4 Å². The van der Waals surface area contributed by atoms with E-state index in [0.29, 0.717) is 0 Å². The minimum atomic E-state index is -3.94. The van der Waals surface area contributed by atoms with Crippen molar-refractivity contribution in [1.29, 1.82) is 0 Å². The maximum absolute atomic E-state index is 15.1. The zero-order chi connectivity index (χ0) is 39.6. The molecule has 54 heavy (non-hydrogen) atoms. The highest BCUT2D eigenvalue weighted by Gasteiger charge is 2.46. The molecule has 2 heterocycles. The molecule has 18 heteroatoms. The normalized spacial score (nSPS) is 13.3. The number of ketones is 1. The fourth-order valence-corrected chi connectivity index (χ4v) is 11.1. The minimum absolute atomic E-state index is 0.00380. The number of ether oxygens (including phenoxy) is 3. The van der Waals surface area contributed by atoms with Gasteiger partial charge in [-0.15, -0.1) is 0 Å². The van der Waals surface area contributed by atoms with Gasteiger partial charge in [-0.05, 0) is 63.6 Å². The Bertz CT molecular complexity index is 2110. The quantitative estimate of drug-likeness (QED) is 0.0667. The van der Waals surface area contributed by atoms with E-state index < -0.39 is 43.3 Å². The summed E-state index contributed by atoms with van der Waals surface area (Å²) in [7, 11) is -7.51. The Labute approximate surface area is 316 Å². The number of hydrogen-bond acceptors (Lipinski definition) is 12. The van der Waals surface area contributed by atoms with E-state index in [9.17, 15) is 18.7 Å². The van der Waals surface area contributed by atoms with Crippen molar-refractivity contribution in [2.45, 2.75) is 45.9 Å². The number of pyridine rings is 2. The summed E-state index contributed by atoms with van der Waals surface area (Å²) in [5, 5.41) is -1.19. The van der Waals surface area contributed by atoms with Crippen molar-refractivity contribution in [3.63, 3.8) is 0 Å². The van der Waals surface area contributed by atoms with Crippen molar-refractivity contribution in [2.24, 2.45) is 0 Å². The highest BCUT2D eigenvalue weighted by molar-refractivity contribution is 7.74. The van der Waals surface area contributed by atoms with E-state index in [4.69, 9.17) is 45.1 Å². The van der Waals surface area contributed by atoms with Crippen LogP contribution >= 0.6 is 26.6 Å². The van der Waals surface area contributed by atoms with Gasteiger partial charge in [0.2, 0.25) is 7.37 Å². The first kappa shape index (κ1) is 42.6. The number of benzene rings is 2. The van der Waals surface area contributed by atoms with Gasteiger partial charge < -0.3 is 33.5 Å². The fourth-order valence-electron chi connectivity index (χ4n) is 5.49. The van der Waals surface area contributed by atoms with Crippen LogP contribution in [0.1, 0.15) is 50.0 Å². The van der Waals surface area contributed by atoms with E-state index in [1.54, 1.807) is 27.7 Å². The second kappa shape index (κ2) is 19.0. The van der Waals surface area contributed by atoms with E-state index in [1.807, 2.05) is 0 Å². The van der Waals surface area contributed by atoms with E-state index in [-0.39, 0.29) is 96.5 Å². The average Bonchev–Trinajstić information content (AvgIpc) is 3.11. The van der Waals surface area contributed by atoms with Gasteiger partial charge in [0.05, 0.1) is 38.7 Å². The SMILES string of the molecule is CCOc1ccn(-c2ccc(F)c(OCCC(P(C)(=O)OCC)P(=O)(OCC)OCC)c2)c(=O)c1C(=O)Cc1ccc(Oc2ccnc(N)c2Cl)c(F)c1. The molecule has 2 atom stereocenters. The number of carbonyl (C=O) groups excluding carboxylic acids is 1. The first-order chi connectivity index (χ1) is 25.7. The van der Waals surface area contributed by atoms with Crippen LogP contribution in [0, 0.1) is 11.6 Å². The zero-order valence-corrected chi connectivity index (χ0v) is 32.9. The highest BCUT2D eigenvalue weighted by Crippen LogP contribution is 2.69. The molecule has 0 aliphatic carbocycles. The van der Waals surface area contributed by atoms with Crippen LogP contribution in [0.25, 0.3) is 5.69 Å². The number of nitrogens with zero attached hydrogens (tertiary/aromatic N) is 2. The van der Waals surface area contributed by atoms with Crippen molar-refractivity contribution < 1.29 is 50.5 Å².